The topological polar surface area (TPSA) is 93.7 Å². The number of anilines is 1. The molecule has 0 spiro atoms. The minimum atomic E-state index is -0.975. The van der Waals surface area contributed by atoms with Crippen LogP contribution in [0.15, 0.2) is 55.0 Å². The van der Waals surface area contributed by atoms with Crippen molar-refractivity contribution in [2.75, 3.05) is 19.1 Å². The Labute approximate surface area is 218 Å². The standard InChI is InChI=1S/C29H34N4O4/c1-19-14-20(2)16-23(15-19)33(29(35)24-18-30-12-13-31-24)27(28(34)32-22-8-6-5-7-9-22)21-10-11-25(36-3)26(17-21)37-4/h10-18,22,27H,5-9H2,1-4H3,(H,32,34). The summed E-state index contributed by atoms with van der Waals surface area (Å²) in [5, 5.41) is 3.23. The maximum Gasteiger partial charge on any atom is 0.279 e. The van der Waals surface area contributed by atoms with Crippen LogP contribution in [0, 0.1) is 13.8 Å². The fourth-order valence-corrected chi connectivity index (χ4v) is 4.97. The first-order valence-electron chi connectivity index (χ1n) is 12.6. The van der Waals surface area contributed by atoms with E-state index < -0.39 is 11.9 Å². The first-order chi connectivity index (χ1) is 17.9. The van der Waals surface area contributed by atoms with Crippen LogP contribution in [0.3, 0.4) is 0 Å². The predicted octanol–water partition coefficient (Wildman–Crippen LogP) is 4.95. The van der Waals surface area contributed by atoms with Gasteiger partial charge in [-0.05, 0) is 67.6 Å². The van der Waals surface area contributed by atoms with E-state index in [1.54, 1.807) is 32.4 Å². The maximum atomic E-state index is 14.1. The van der Waals surface area contributed by atoms with Gasteiger partial charge in [0.05, 0.1) is 20.4 Å². The monoisotopic (exact) mass is 502 g/mol. The van der Waals surface area contributed by atoms with Crippen LogP contribution in [-0.2, 0) is 4.79 Å². The fourth-order valence-electron chi connectivity index (χ4n) is 4.97. The Bertz CT molecular complexity index is 1220. The molecule has 1 unspecified atom stereocenters. The average molecular weight is 503 g/mol. The molecule has 3 aromatic rings. The second-order valence-electron chi connectivity index (χ2n) is 9.47. The van der Waals surface area contributed by atoms with Crippen molar-refractivity contribution in [1.82, 2.24) is 15.3 Å². The van der Waals surface area contributed by atoms with Crippen molar-refractivity contribution in [3.05, 3.63) is 77.4 Å². The molecular formula is C29H34N4O4. The average Bonchev–Trinajstić information content (AvgIpc) is 2.91. The molecule has 1 aromatic heterocycles. The Kier molecular flexibility index (Phi) is 8.38. The predicted molar refractivity (Wildman–Crippen MR) is 142 cm³/mol. The van der Waals surface area contributed by atoms with Crippen LogP contribution >= 0.6 is 0 Å². The number of aryl methyl sites for hydroxylation is 2. The number of nitrogens with one attached hydrogen (secondary N) is 1. The van der Waals surface area contributed by atoms with Crippen molar-refractivity contribution < 1.29 is 19.1 Å². The normalized spacial score (nSPS) is 14.5. The van der Waals surface area contributed by atoms with E-state index in [0.717, 1.165) is 36.8 Å². The quantitative estimate of drug-likeness (QED) is 0.469. The first kappa shape index (κ1) is 26.1. The number of ether oxygens (including phenoxy) is 2. The van der Waals surface area contributed by atoms with Crippen molar-refractivity contribution in [2.24, 2.45) is 0 Å². The maximum absolute atomic E-state index is 14.1. The van der Waals surface area contributed by atoms with Gasteiger partial charge in [0.25, 0.3) is 5.91 Å². The Morgan fingerprint density at radius 3 is 2.27 bits per heavy atom. The largest absolute Gasteiger partial charge is 0.493 e. The number of benzene rings is 2. The van der Waals surface area contributed by atoms with E-state index in [4.69, 9.17) is 9.47 Å². The molecule has 0 aliphatic heterocycles. The zero-order valence-electron chi connectivity index (χ0n) is 21.9. The molecule has 194 valence electrons. The van der Waals surface area contributed by atoms with E-state index in [1.165, 1.54) is 29.9 Å². The summed E-state index contributed by atoms with van der Waals surface area (Å²) in [6, 6.07) is 10.2. The summed E-state index contributed by atoms with van der Waals surface area (Å²) in [7, 11) is 3.11. The van der Waals surface area contributed by atoms with Gasteiger partial charge in [-0.2, -0.15) is 0 Å². The van der Waals surface area contributed by atoms with Crippen LogP contribution < -0.4 is 19.7 Å². The van der Waals surface area contributed by atoms with Gasteiger partial charge in [0, 0.05) is 24.1 Å². The minimum Gasteiger partial charge on any atom is -0.493 e. The van der Waals surface area contributed by atoms with E-state index >= 15 is 0 Å². The summed E-state index contributed by atoms with van der Waals surface area (Å²) in [5.41, 5.74) is 3.31. The number of rotatable bonds is 8. The van der Waals surface area contributed by atoms with Gasteiger partial charge in [0.2, 0.25) is 5.91 Å². The summed E-state index contributed by atoms with van der Waals surface area (Å²) < 4.78 is 11.0. The van der Waals surface area contributed by atoms with Gasteiger partial charge in [0.1, 0.15) is 11.7 Å². The fraction of sp³-hybridized carbons (Fsp3) is 0.379. The molecule has 1 N–H and O–H groups in total. The van der Waals surface area contributed by atoms with Crippen LogP contribution in [0.5, 0.6) is 11.5 Å². The molecule has 1 saturated carbocycles. The molecule has 1 heterocycles. The van der Waals surface area contributed by atoms with Crippen molar-refractivity contribution in [3.8, 4) is 11.5 Å². The summed E-state index contributed by atoms with van der Waals surface area (Å²) in [6.07, 6.45) is 9.57. The molecule has 8 heteroatoms. The number of aromatic nitrogens is 2. The Morgan fingerprint density at radius 2 is 1.65 bits per heavy atom. The van der Waals surface area contributed by atoms with Crippen LogP contribution in [0.25, 0.3) is 0 Å². The molecule has 0 radical (unpaired) electrons. The molecule has 1 atom stereocenters. The SMILES string of the molecule is COc1ccc(C(C(=O)NC2CCCCC2)N(C(=O)c2cnccn2)c2cc(C)cc(C)c2)cc1OC. The highest BCUT2D eigenvalue weighted by molar-refractivity contribution is 6.09. The summed E-state index contributed by atoms with van der Waals surface area (Å²) in [4.78, 5) is 38.0. The van der Waals surface area contributed by atoms with E-state index in [1.807, 2.05) is 32.0 Å². The highest BCUT2D eigenvalue weighted by Gasteiger charge is 2.36. The Hall–Kier alpha value is -3.94. The Balaban J connectivity index is 1.88. The van der Waals surface area contributed by atoms with Crippen LogP contribution in [0.4, 0.5) is 5.69 Å². The molecule has 2 amide bonds. The van der Waals surface area contributed by atoms with Gasteiger partial charge < -0.3 is 14.8 Å². The van der Waals surface area contributed by atoms with Crippen LogP contribution in [-0.4, -0.2) is 42.0 Å². The lowest BCUT2D eigenvalue weighted by Crippen LogP contribution is -2.47. The number of carbonyl (C=O) groups excluding carboxylic acids is 2. The second kappa shape index (κ2) is 11.9. The van der Waals surface area contributed by atoms with E-state index in [-0.39, 0.29) is 17.6 Å². The lowest BCUT2D eigenvalue weighted by molar-refractivity contribution is -0.123. The smallest absolute Gasteiger partial charge is 0.279 e. The molecule has 37 heavy (non-hydrogen) atoms. The van der Waals surface area contributed by atoms with E-state index in [0.29, 0.717) is 22.7 Å². The molecular weight excluding hydrogens is 468 g/mol. The van der Waals surface area contributed by atoms with Crippen molar-refractivity contribution in [1.29, 1.82) is 0 Å². The number of hydrogen-bond acceptors (Lipinski definition) is 6. The highest BCUT2D eigenvalue weighted by atomic mass is 16.5. The second-order valence-corrected chi connectivity index (χ2v) is 9.47. The molecule has 4 rings (SSSR count). The third kappa shape index (κ3) is 6.07. The highest BCUT2D eigenvalue weighted by Crippen LogP contribution is 2.36. The number of hydrogen-bond donors (Lipinski definition) is 1. The zero-order chi connectivity index (χ0) is 26.4. The molecule has 8 nitrogen and oxygen atoms in total. The van der Waals surface area contributed by atoms with Gasteiger partial charge in [0.15, 0.2) is 11.5 Å². The summed E-state index contributed by atoms with van der Waals surface area (Å²) in [6.45, 7) is 3.93. The van der Waals surface area contributed by atoms with Gasteiger partial charge in [-0.3, -0.25) is 19.5 Å². The molecule has 0 bridgehead atoms. The molecule has 1 fully saturated rings. The first-order valence-corrected chi connectivity index (χ1v) is 12.6. The number of carbonyl (C=O) groups is 2. The molecule has 2 aromatic carbocycles. The zero-order valence-corrected chi connectivity index (χ0v) is 21.9. The summed E-state index contributed by atoms with van der Waals surface area (Å²) >= 11 is 0. The Morgan fingerprint density at radius 1 is 0.946 bits per heavy atom. The van der Waals surface area contributed by atoms with Gasteiger partial charge in [-0.15, -0.1) is 0 Å². The third-order valence-corrected chi connectivity index (χ3v) is 6.67. The lowest BCUT2D eigenvalue weighted by Gasteiger charge is -2.33. The molecule has 1 aliphatic rings. The van der Waals surface area contributed by atoms with Crippen molar-refractivity contribution in [2.45, 2.75) is 58.0 Å². The molecule has 1 aliphatic carbocycles. The minimum absolute atomic E-state index is 0.0663. The third-order valence-electron chi connectivity index (χ3n) is 6.67. The van der Waals surface area contributed by atoms with Crippen molar-refractivity contribution >= 4 is 17.5 Å². The number of methoxy groups -OCH3 is 2. The van der Waals surface area contributed by atoms with Gasteiger partial charge >= 0.3 is 0 Å². The number of nitrogens with zero attached hydrogens (tertiary/aromatic N) is 3. The number of amides is 2. The molecule has 0 saturated heterocycles. The lowest BCUT2D eigenvalue weighted by atomic mass is 9.94. The summed E-state index contributed by atoms with van der Waals surface area (Å²) in [5.74, 6) is 0.339. The van der Waals surface area contributed by atoms with Crippen molar-refractivity contribution in [3.63, 3.8) is 0 Å². The van der Waals surface area contributed by atoms with Crippen LogP contribution in [0.1, 0.15) is 65.3 Å². The van der Waals surface area contributed by atoms with Gasteiger partial charge in [-0.1, -0.05) is 31.4 Å². The van der Waals surface area contributed by atoms with Gasteiger partial charge in [-0.25, -0.2) is 4.98 Å². The van der Waals surface area contributed by atoms with Crippen LogP contribution in [0.2, 0.25) is 0 Å². The van der Waals surface area contributed by atoms with E-state index in [9.17, 15) is 9.59 Å². The van der Waals surface area contributed by atoms with E-state index in [2.05, 4.69) is 15.3 Å².